The van der Waals surface area contributed by atoms with Gasteiger partial charge in [-0.1, -0.05) is 31.2 Å². The Hall–Kier alpha value is -2.48. The van der Waals surface area contributed by atoms with Gasteiger partial charge in [0.2, 0.25) is 11.8 Å². The lowest BCUT2D eigenvalue weighted by Crippen LogP contribution is -2.46. The molecule has 1 aliphatic rings. The van der Waals surface area contributed by atoms with Gasteiger partial charge in [-0.3, -0.25) is 14.5 Å². The normalized spacial score (nSPS) is 15.6. The highest BCUT2D eigenvalue weighted by Crippen LogP contribution is 2.39. The van der Waals surface area contributed by atoms with Crippen molar-refractivity contribution in [3.63, 3.8) is 0 Å². The monoisotopic (exact) mass is 467 g/mol. The number of aryl methyl sites for hydroxylation is 1. The van der Waals surface area contributed by atoms with Crippen LogP contribution in [0.5, 0.6) is 0 Å². The summed E-state index contributed by atoms with van der Waals surface area (Å²) in [5, 5.41) is 7.18. The standard InChI is InChI=1S/C25H29N3O2S2/c1-3-12-27(16-23(29)26-20-8-5-4-7-18(20)2)17-24(30)28-13-10-21-19(11-15-32-21)25(28)22-9-6-14-31-22/h4-9,11,14-15,25H,3,10,12-13,16-17H2,1-2H3,(H,26,29). The number of rotatable bonds is 8. The van der Waals surface area contributed by atoms with Crippen molar-refractivity contribution >= 4 is 40.2 Å². The predicted molar refractivity (Wildman–Crippen MR) is 132 cm³/mol. The quantitative estimate of drug-likeness (QED) is 0.510. The minimum absolute atomic E-state index is 0.0261. The van der Waals surface area contributed by atoms with Gasteiger partial charge in [-0.25, -0.2) is 0 Å². The van der Waals surface area contributed by atoms with Gasteiger partial charge in [-0.05, 0) is 66.4 Å². The Labute approximate surface area is 197 Å². The molecule has 3 aromatic rings. The van der Waals surface area contributed by atoms with Gasteiger partial charge in [0.15, 0.2) is 0 Å². The number of fused-ring (bicyclic) bond motifs is 1. The molecule has 0 aliphatic carbocycles. The zero-order valence-corrected chi connectivity index (χ0v) is 20.2. The first-order valence-electron chi connectivity index (χ1n) is 11.0. The first kappa shape index (κ1) is 22.7. The highest BCUT2D eigenvalue weighted by atomic mass is 32.1. The number of para-hydroxylation sites is 1. The molecule has 1 N–H and O–H groups in total. The van der Waals surface area contributed by atoms with E-state index in [0.29, 0.717) is 13.1 Å². The molecule has 4 rings (SSSR count). The van der Waals surface area contributed by atoms with Crippen molar-refractivity contribution in [1.82, 2.24) is 9.80 Å². The summed E-state index contributed by atoms with van der Waals surface area (Å²) in [5.74, 6) is -0.00786. The number of amides is 2. The summed E-state index contributed by atoms with van der Waals surface area (Å²) in [6.07, 6.45) is 1.77. The summed E-state index contributed by atoms with van der Waals surface area (Å²) in [6, 6.07) is 14.0. The Morgan fingerprint density at radius 2 is 1.94 bits per heavy atom. The van der Waals surface area contributed by atoms with Gasteiger partial charge in [0.05, 0.1) is 19.1 Å². The molecule has 0 spiro atoms. The van der Waals surface area contributed by atoms with Gasteiger partial charge in [0.1, 0.15) is 0 Å². The predicted octanol–water partition coefficient (Wildman–Crippen LogP) is 4.94. The van der Waals surface area contributed by atoms with Crippen LogP contribution in [0, 0.1) is 6.92 Å². The molecule has 3 heterocycles. The van der Waals surface area contributed by atoms with Gasteiger partial charge in [0.25, 0.3) is 0 Å². The van der Waals surface area contributed by atoms with E-state index in [9.17, 15) is 9.59 Å². The Balaban J connectivity index is 1.46. The second kappa shape index (κ2) is 10.4. The van der Waals surface area contributed by atoms with E-state index < -0.39 is 0 Å². The van der Waals surface area contributed by atoms with Crippen LogP contribution in [0.25, 0.3) is 0 Å². The molecule has 0 bridgehead atoms. The Morgan fingerprint density at radius 1 is 1.09 bits per heavy atom. The highest BCUT2D eigenvalue weighted by Gasteiger charge is 2.34. The maximum absolute atomic E-state index is 13.5. The van der Waals surface area contributed by atoms with Crippen LogP contribution in [0.15, 0.2) is 53.2 Å². The molecule has 2 aromatic heterocycles. The smallest absolute Gasteiger partial charge is 0.238 e. The number of nitrogens with zero attached hydrogens (tertiary/aromatic N) is 2. The molecule has 1 aliphatic heterocycles. The van der Waals surface area contributed by atoms with E-state index in [2.05, 4.69) is 35.1 Å². The third-order valence-electron chi connectivity index (χ3n) is 5.78. The second-order valence-electron chi connectivity index (χ2n) is 8.13. The van der Waals surface area contributed by atoms with Crippen LogP contribution in [0.2, 0.25) is 0 Å². The molecule has 168 valence electrons. The molecule has 0 radical (unpaired) electrons. The third-order valence-corrected chi connectivity index (χ3v) is 7.71. The first-order chi connectivity index (χ1) is 15.6. The van der Waals surface area contributed by atoms with Crippen molar-refractivity contribution in [2.45, 2.75) is 32.7 Å². The average molecular weight is 468 g/mol. The number of thiophene rings is 2. The van der Waals surface area contributed by atoms with Crippen molar-refractivity contribution in [3.8, 4) is 0 Å². The van der Waals surface area contributed by atoms with Gasteiger partial charge < -0.3 is 10.2 Å². The van der Waals surface area contributed by atoms with Crippen molar-refractivity contribution in [3.05, 3.63) is 74.1 Å². The van der Waals surface area contributed by atoms with Crippen LogP contribution in [0.1, 0.15) is 40.3 Å². The van der Waals surface area contributed by atoms with Crippen LogP contribution in [-0.2, 0) is 16.0 Å². The fourth-order valence-corrected chi connectivity index (χ4v) is 6.02. The van der Waals surface area contributed by atoms with Gasteiger partial charge >= 0.3 is 0 Å². The maximum Gasteiger partial charge on any atom is 0.238 e. The molecule has 32 heavy (non-hydrogen) atoms. The summed E-state index contributed by atoms with van der Waals surface area (Å²) in [5.41, 5.74) is 3.09. The number of anilines is 1. The van der Waals surface area contributed by atoms with E-state index in [0.717, 1.165) is 24.1 Å². The lowest BCUT2D eigenvalue weighted by molar-refractivity contribution is -0.134. The lowest BCUT2D eigenvalue weighted by atomic mass is 9.98. The number of hydrogen-bond acceptors (Lipinski definition) is 5. The van der Waals surface area contributed by atoms with E-state index in [1.165, 1.54) is 15.3 Å². The summed E-state index contributed by atoms with van der Waals surface area (Å²) >= 11 is 3.47. The number of hydrogen-bond donors (Lipinski definition) is 1. The second-order valence-corrected chi connectivity index (χ2v) is 10.1. The third kappa shape index (κ3) is 5.11. The molecule has 0 saturated heterocycles. The summed E-state index contributed by atoms with van der Waals surface area (Å²) in [7, 11) is 0. The van der Waals surface area contributed by atoms with Crippen molar-refractivity contribution in [1.29, 1.82) is 0 Å². The highest BCUT2D eigenvalue weighted by molar-refractivity contribution is 7.10. The van der Waals surface area contributed by atoms with Crippen LogP contribution >= 0.6 is 22.7 Å². The first-order valence-corrected chi connectivity index (χ1v) is 12.8. The van der Waals surface area contributed by atoms with Crippen LogP contribution < -0.4 is 5.32 Å². The minimum Gasteiger partial charge on any atom is -0.329 e. The average Bonchev–Trinajstić information content (AvgIpc) is 3.46. The van der Waals surface area contributed by atoms with Crippen molar-refractivity contribution < 1.29 is 9.59 Å². The SMILES string of the molecule is CCCN(CC(=O)Nc1ccccc1C)CC(=O)N1CCc2sccc2C1c1cccs1. The molecule has 1 atom stereocenters. The molecular weight excluding hydrogens is 438 g/mol. The fraction of sp³-hybridized carbons (Fsp3) is 0.360. The number of carbonyl (C=O) groups is 2. The fourth-order valence-electron chi connectivity index (χ4n) is 4.26. The van der Waals surface area contributed by atoms with Crippen molar-refractivity contribution in [2.75, 3.05) is 31.5 Å². The van der Waals surface area contributed by atoms with Gasteiger partial charge in [0, 0.05) is 22.0 Å². The zero-order valence-electron chi connectivity index (χ0n) is 18.5. The molecule has 2 amide bonds. The topological polar surface area (TPSA) is 52.7 Å². The molecular formula is C25H29N3O2S2. The maximum atomic E-state index is 13.5. The summed E-state index contributed by atoms with van der Waals surface area (Å²) in [6.45, 7) is 5.91. The summed E-state index contributed by atoms with van der Waals surface area (Å²) < 4.78 is 0. The molecule has 0 saturated carbocycles. The van der Waals surface area contributed by atoms with Gasteiger partial charge in [-0.15, -0.1) is 22.7 Å². The Kier molecular flexibility index (Phi) is 7.40. The molecule has 0 fully saturated rings. The van der Waals surface area contributed by atoms with E-state index in [-0.39, 0.29) is 30.9 Å². The van der Waals surface area contributed by atoms with Crippen LogP contribution in [-0.4, -0.2) is 47.8 Å². The van der Waals surface area contributed by atoms with E-state index in [4.69, 9.17) is 0 Å². The minimum atomic E-state index is -0.0888. The zero-order chi connectivity index (χ0) is 22.5. The number of benzene rings is 1. The lowest BCUT2D eigenvalue weighted by Gasteiger charge is -2.36. The van der Waals surface area contributed by atoms with Crippen molar-refractivity contribution in [2.24, 2.45) is 0 Å². The van der Waals surface area contributed by atoms with E-state index in [1.807, 2.05) is 47.1 Å². The van der Waals surface area contributed by atoms with Crippen LogP contribution in [0.4, 0.5) is 5.69 Å². The molecule has 1 unspecified atom stereocenters. The van der Waals surface area contributed by atoms with Gasteiger partial charge in [-0.2, -0.15) is 0 Å². The Bertz CT molecular complexity index is 1060. The molecule has 5 nitrogen and oxygen atoms in total. The molecule has 1 aromatic carbocycles. The summed E-state index contributed by atoms with van der Waals surface area (Å²) in [4.78, 5) is 32.7. The Morgan fingerprint density at radius 3 is 2.69 bits per heavy atom. The number of nitrogens with one attached hydrogen (secondary N) is 1. The number of carbonyl (C=O) groups excluding carboxylic acids is 2. The van der Waals surface area contributed by atoms with E-state index >= 15 is 0 Å². The van der Waals surface area contributed by atoms with E-state index in [1.54, 1.807) is 22.7 Å². The largest absolute Gasteiger partial charge is 0.329 e. The molecule has 7 heteroatoms. The van der Waals surface area contributed by atoms with Crippen LogP contribution in [0.3, 0.4) is 0 Å².